The molecule has 0 spiro atoms. The molecule has 0 rings (SSSR count). The van der Waals surface area contributed by atoms with Crippen molar-refractivity contribution < 1.29 is 4.74 Å². The van der Waals surface area contributed by atoms with Crippen molar-refractivity contribution in [1.29, 1.82) is 5.26 Å². The van der Waals surface area contributed by atoms with Crippen molar-refractivity contribution >= 4 is 17.3 Å². The van der Waals surface area contributed by atoms with Crippen LogP contribution >= 0.6 is 12.2 Å². The lowest BCUT2D eigenvalue weighted by Crippen LogP contribution is -2.12. The van der Waals surface area contributed by atoms with Crippen molar-refractivity contribution in [3.8, 4) is 6.07 Å². The summed E-state index contributed by atoms with van der Waals surface area (Å²) >= 11 is 4.96. The quantitative estimate of drug-likeness (QED) is 0.347. The number of thiocarbonyl (C=S) groups is 1. The molecule has 0 aromatic rings. The van der Waals surface area contributed by atoms with Crippen LogP contribution in [0, 0.1) is 11.3 Å². The molecule has 0 amide bonds. The summed E-state index contributed by atoms with van der Waals surface area (Å²) < 4.78 is 5.47. The zero-order valence-corrected chi connectivity index (χ0v) is 13.4. The van der Waals surface area contributed by atoms with Crippen LogP contribution in [0.15, 0.2) is 0 Å². The average molecular weight is 283 g/mol. The summed E-state index contributed by atoms with van der Waals surface area (Å²) in [5.74, 6) is 0. The lowest BCUT2D eigenvalue weighted by atomic mass is 10.1. The van der Waals surface area contributed by atoms with Gasteiger partial charge in [0.1, 0.15) is 6.42 Å². The van der Waals surface area contributed by atoms with E-state index in [1.807, 2.05) is 13.0 Å². The van der Waals surface area contributed by atoms with Crippen LogP contribution in [0.4, 0.5) is 0 Å². The normalized spacial score (nSPS) is 11.8. The first-order valence-corrected chi connectivity index (χ1v) is 8.18. The van der Waals surface area contributed by atoms with E-state index >= 15 is 0 Å². The molecule has 110 valence electrons. The molecule has 0 aromatic carbocycles. The van der Waals surface area contributed by atoms with Gasteiger partial charge in [-0.15, -0.1) is 0 Å². The zero-order chi connectivity index (χ0) is 14.3. The Kier molecular flexibility index (Phi) is 13.4. The first kappa shape index (κ1) is 18.4. The van der Waals surface area contributed by atoms with Crippen molar-refractivity contribution in [2.75, 3.05) is 0 Å². The Labute approximate surface area is 124 Å². The fourth-order valence-corrected chi connectivity index (χ4v) is 2.36. The fraction of sp³-hybridized carbons (Fsp3) is 0.875. The van der Waals surface area contributed by atoms with Gasteiger partial charge < -0.3 is 4.74 Å². The lowest BCUT2D eigenvalue weighted by Gasteiger charge is -2.13. The molecule has 0 bridgehead atoms. The van der Waals surface area contributed by atoms with Gasteiger partial charge in [-0.25, -0.2) is 0 Å². The first-order chi connectivity index (χ1) is 9.20. The molecular formula is C16H29NOS. The van der Waals surface area contributed by atoms with Crippen molar-refractivity contribution in [2.24, 2.45) is 0 Å². The van der Waals surface area contributed by atoms with Crippen LogP contribution in [0.1, 0.15) is 84.5 Å². The van der Waals surface area contributed by atoms with E-state index in [0.717, 1.165) is 6.42 Å². The predicted molar refractivity (Wildman–Crippen MR) is 85.2 cm³/mol. The monoisotopic (exact) mass is 283 g/mol. The minimum atomic E-state index is 0.158. The maximum atomic E-state index is 8.48. The molecule has 0 aliphatic heterocycles. The lowest BCUT2D eigenvalue weighted by molar-refractivity contribution is 0.195. The van der Waals surface area contributed by atoms with Crippen LogP contribution in [-0.2, 0) is 4.74 Å². The van der Waals surface area contributed by atoms with Crippen LogP contribution in [0.3, 0.4) is 0 Å². The topological polar surface area (TPSA) is 33.0 Å². The second-order valence-electron chi connectivity index (χ2n) is 5.25. The Morgan fingerprint density at radius 3 is 2.11 bits per heavy atom. The summed E-state index contributed by atoms with van der Waals surface area (Å²) in [6, 6.07) is 2.01. The second-order valence-corrected chi connectivity index (χ2v) is 5.71. The minimum Gasteiger partial charge on any atom is -0.483 e. The molecule has 0 N–H and O–H groups in total. The van der Waals surface area contributed by atoms with E-state index in [1.165, 1.54) is 57.8 Å². The second kappa shape index (κ2) is 13.8. The zero-order valence-electron chi connectivity index (χ0n) is 12.6. The van der Waals surface area contributed by atoms with Gasteiger partial charge in [-0.3, -0.25) is 0 Å². The highest BCUT2D eigenvalue weighted by Gasteiger charge is 2.05. The van der Waals surface area contributed by atoms with Gasteiger partial charge in [0.05, 0.1) is 12.2 Å². The van der Waals surface area contributed by atoms with E-state index in [4.69, 9.17) is 22.2 Å². The first-order valence-electron chi connectivity index (χ1n) is 7.77. The van der Waals surface area contributed by atoms with Crippen LogP contribution in [0.25, 0.3) is 0 Å². The molecular weight excluding hydrogens is 254 g/mol. The number of nitriles is 1. The van der Waals surface area contributed by atoms with Crippen molar-refractivity contribution in [3.05, 3.63) is 0 Å². The van der Waals surface area contributed by atoms with Gasteiger partial charge in [0.15, 0.2) is 5.05 Å². The summed E-state index contributed by atoms with van der Waals surface area (Å²) in [5.41, 5.74) is 0. The molecule has 0 aromatic heterocycles. The molecule has 1 unspecified atom stereocenters. The third kappa shape index (κ3) is 13.6. The summed E-state index contributed by atoms with van der Waals surface area (Å²) in [6.07, 6.45) is 13.5. The molecule has 2 nitrogen and oxygen atoms in total. The number of hydrogen-bond donors (Lipinski definition) is 0. The number of unbranched alkanes of at least 4 members (excludes halogenated alkanes) is 8. The van der Waals surface area contributed by atoms with Crippen molar-refractivity contribution in [3.63, 3.8) is 0 Å². The SMILES string of the molecule is CCCCCCCCCCCC(C)OC(=S)CC#N. The number of rotatable bonds is 12. The van der Waals surface area contributed by atoms with Gasteiger partial charge in [0, 0.05) is 0 Å². The fourth-order valence-electron chi connectivity index (χ4n) is 2.13. The maximum absolute atomic E-state index is 8.48. The standard InChI is InChI=1S/C16H29NOS/c1-3-4-5-6-7-8-9-10-11-12-15(2)18-16(19)13-14-17/h15H,3-13H2,1-2H3. The molecule has 0 radical (unpaired) electrons. The Morgan fingerprint density at radius 1 is 1.05 bits per heavy atom. The molecule has 0 saturated carbocycles. The van der Waals surface area contributed by atoms with Crippen molar-refractivity contribution in [2.45, 2.75) is 90.6 Å². The largest absolute Gasteiger partial charge is 0.483 e. The van der Waals surface area contributed by atoms with Gasteiger partial charge in [-0.2, -0.15) is 5.26 Å². The Bertz CT molecular complexity index is 260. The third-order valence-corrected chi connectivity index (χ3v) is 3.51. The van der Waals surface area contributed by atoms with E-state index in [9.17, 15) is 0 Å². The van der Waals surface area contributed by atoms with E-state index < -0.39 is 0 Å². The molecule has 0 aliphatic carbocycles. The smallest absolute Gasteiger partial charge is 0.174 e. The van der Waals surface area contributed by atoms with Crippen molar-refractivity contribution in [1.82, 2.24) is 0 Å². The van der Waals surface area contributed by atoms with Gasteiger partial charge in [0.2, 0.25) is 0 Å². The van der Waals surface area contributed by atoms with E-state index in [1.54, 1.807) is 0 Å². The maximum Gasteiger partial charge on any atom is 0.174 e. The van der Waals surface area contributed by atoms with Crippen LogP contribution in [0.2, 0.25) is 0 Å². The molecule has 0 fully saturated rings. The highest BCUT2D eigenvalue weighted by molar-refractivity contribution is 7.80. The molecule has 3 heteroatoms. The number of ether oxygens (including phenoxy) is 1. The highest BCUT2D eigenvalue weighted by Crippen LogP contribution is 2.12. The Hall–Kier alpha value is -0.620. The summed E-state index contributed by atoms with van der Waals surface area (Å²) in [6.45, 7) is 4.29. The summed E-state index contributed by atoms with van der Waals surface area (Å²) in [4.78, 5) is 0. The van der Waals surface area contributed by atoms with E-state index in [0.29, 0.717) is 5.05 Å². The van der Waals surface area contributed by atoms with Crippen LogP contribution in [-0.4, -0.2) is 11.2 Å². The number of hydrogen-bond acceptors (Lipinski definition) is 3. The van der Waals surface area contributed by atoms with Crippen LogP contribution in [0.5, 0.6) is 0 Å². The van der Waals surface area contributed by atoms with Gasteiger partial charge in [-0.05, 0) is 32.0 Å². The molecule has 19 heavy (non-hydrogen) atoms. The Balaban J connectivity index is 3.25. The third-order valence-electron chi connectivity index (χ3n) is 3.27. The summed E-state index contributed by atoms with van der Waals surface area (Å²) in [5, 5.41) is 8.92. The average Bonchev–Trinajstić information content (AvgIpc) is 2.37. The van der Waals surface area contributed by atoms with E-state index in [2.05, 4.69) is 6.92 Å². The van der Waals surface area contributed by atoms with Gasteiger partial charge in [0.25, 0.3) is 0 Å². The summed E-state index contributed by atoms with van der Waals surface area (Å²) in [7, 11) is 0. The minimum absolute atomic E-state index is 0.158. The molecule has 0 aliphatic rings. The predicted octanol–water partition coefficient (Wildman–Crippen LogP) is 5.55. The van der Waals surface area contributed by atoms with Crippen LogP contribution < -0.4 is 0 Å². The number of nitrogens with zero attached hydrogens (tertiary/aromatic N) is 1. The van der Waals surface area contributed by atoms with Gasteiger partial charge >= 0.3 is 0 Å². The highest BCUT2D eigenvalue weighted by atomic mass is 32.1. The molecule has 1 atom stereocenters. The van der Waals surface area contributed by atoms with E-state index in [-0.39, 0.29) is 12.5 Å². The van der Waals surface area contributed by atoms with Gasteiger partial charge in [-0.1, -0.05) is 58.3 Å². The Morgan fingerprint density at radius 2 is 1.58 bits per heavy atom. The molecule has 0 heterocycles. The molecule has 0 saturated heterocycles.